The molecule has 1 unspecified atom stereocenters. The SMILES string of the molecule is CC1=CC(C)=NNC1C=O. The summed E-state index contributed by atoms with van der Waals surface area (Å²) in [5, 5.41) is 3.89. The molecule has 0 fully saturated rings. The maximum Gasteiger partial charge on any atom is 0.148 e. The lowest BCUT2D eigenvalue weighted by molar-refractivity contribution is -0.108. The van der Waals surface area contributed by atoms with Crippen LogP contribution in [0, 0.1) is 0 Å². The van der Waals surface area contributed by atoms with Gasteiger partial charge < -0.3 is 4.79 Å². The van der Waals surface area contributed by atoms with Gasteiger partial charge in [0.25, 0.3) is 0 Å². The molecule has 0 bridgehead atoms. The van der Waals surface area contributed by atoms with Crippen molar-refractivity contribution in [2.75, 3.05) is 0 Å². The lowest BCUT2D eigenvalue weighted by atomic mass is 10.1. The molecule has 54 valence electrons. The fraction of sp³-hybridized carbons (Fsp3) is 0.429. The van der Waals surface area contributed by atoms with Crippen molar-refractivity contribution in [3.8, 4) is 0 Å². The third-order valence-electron chi connectivity index (χ3n) is 1.44. The Bertz CT molecular complexity index is 206. The molecule has 0 radical (unpaired) electrons. The molecule has 0 aliphatic carbocycles. The molecule has 0 saturated carbocycles. The van der Waals surface area contributed by atoms with Gasteiger partial charge in [0, 0.05) is 0 Å². The van der Waals surface area contributed by atoms with Gasteiger partial charge in [-0.25, -0.2) is 0 Å². The maximum atomic E-state index is 10.3. The van der Waals surface area contributed by atoms with Crippen LogP contribution in [0.5, 0.6) is 0 Å². The van der Waals surface area contributed by atoms with Gasteiger partial charge in [-0.2, -0.15) is 5.10 Å². The lowest BCUT2D eigenvalue weighted by Gasteiger charge is -2.15. The molecular weight excluding hydrogens is 128 g/mol. The van der Waals surface area contributed by atoms with Gasteiger partial charge in [-0.1, -0.05) is 0 Å². The molecule has 1 atom stereocenters. The summed E-state index contributed by atoms with van der Waals surface area (Å²) in [5.74, 6) is 0. The highest BCUT2D eigenvalue weighted by molar-refractivity contribution is 5.94. The van der Waals surface area contributed by atoms with Crippen LogP contribution in [0.15, 0.2) is 16.8 Å². The number of allylic oxidation sites excluding steroid dienone is 1. The largest absolute Gasteiger partial charge is 0.301 e. The Hall–Kier alpha value is -1.12. The molecular formula is C7H10N2O. The van der Waals surface area contributed by atoms with E-state index in [1.807, 2.05) is 19.9 Å². The smallest absolute Gasteiger partial charge is 0.148 e. The Kier molecular flexibility index (Phi) is 1.85. The normalized spacial score (nSPS) is 24.4. The van der Waals surface area contributed by atoms with Crippen molar-refractivity contribution in [1.29, 1.82) is 0 Å². The zero-order chi connectivity index (χ0) is 7.56. The van der Waals surface area contributed by atoms with Crippen molar-refractivity contribution >= 4 is 12.0 Å². The first kappa shape index (κ1) is 6.99. The summed E-state index contributed by atoms with van der Waals surface area (Å²) in [5.41, 5.74) is 4.65. The summed E-state index contributed by atoms with van der Waals surface area (Å²) in [7, 11) is 0. The number of carbonyl (C=O) groups is 1. The van der Waals surface area contributed by atoms with Crippen LogP contribution in [0.25, 0.3) is 0 Å². The van der Waals surface area contributed by atoms with Crippen molar-refractivity contribution in [3.63, 3.8) is 0 Å². The summed E-state index contributed by atoms with van der Waals surface area (Å²) in [6, 6.07) is -0.219. The van der Waals surface area contributed by atoms with Crippen molar-refractivity contribution in [2.45, 2.75) is 19.9 Å². The number of carbonyl (C=O) groups excluding carboxylic acids is 1. The van der Waals surface area contributed by atoms with E-state index in [0.29, 0.717) is 0 Å². The van der Waals surface area contributed by atoms with Crippen molar-refractivity contribution in [1.82, 2.24) is 5.43 Å². The third kappa shape index (κ3) is 1.23. The van der Waals surface area contributed by atoms with Crippen molar-refractivity contribution in [2.24, 2.45) is 5.10 Å². The highest BCUT2D eigenvalue weighted by Gasteiger charge is 2.10. The average Bonchev–Trinajstić information content (AvgIpc) is 1.88. The number of hydrazone groups is 1. The zero-order valence-corrected chi connectivity index (χ0v) is 6.09. The standard InChI is InChI=1S/C7H10N2O/c1-5-3-6(2)8-9-7(5)4-10/h3-4,7,9H,1-2H3. The molecule has 1 aliphatic heterocycles. The van der Waals surface area contributed by atoms with Gasteiger partial charge in [0.1, 0.15) is 12.3 Å². The van der Waals surface area contributed by atoms with Gasteiger partial charge in [0.05, 0.1) is 5.71 Å². The second-order valence-electron chi connectivity index (χ2n) is 2.38. The minimum absolute atomic E-state index is 0.219. The summed E-state index contributed by atoms with van der Waals surface area (Å²) in [4.78, 5) is 10.3. The molecule has 0 aromatic carbocycles. The van der Waals surface area contributed by atoms with E-state index in [1.165, 1.54) is 0 Å². The van der Waals surface area contributed by atoms with Crippen LogP contribution < -0.4 is 5.43 Å². The molecule has 1 N–H and O–H groups in total. The van der Waals surface area contributed by atoms with Crippen LogP contribution in [0.4, 0.5) is 0 Å². The third-order valence-corrected chi connectivity index (χ3v) is 1.44. The number of rotatable bonds is 1. The molecule has 3 heteroatoms. The van der Waals surface area contributed by atoms with Crippen LogP contribution in [0.3, 0.4) is 0 Å². The number of nitrogens with zero attached hydrogens (tertiary/aromatic N) is 1. The Morgan fingerprint density at radius 2 is 2.40 bits per heavy atom. The summed E-state index contributed by atoms with van der Waals surface area (Å²) in [6.45, 7) is 3.79. The van der Waals surface area contributed by atoms with Crippen LogP contribution in [0.1, 0.15) is 13.8 Å². The number of aldehydes is 1. The molecule has 1 heterocycles. The molecule has 3 nitrogen and oxygen atoms in total. The van der Waals surface area contributed by atoms with E-state index in [2.05, 4.69) is 10.5 Å². The Morgan fingerprint density at radius 3 is 2.90 bits per heavy atom. The van der Waals surface area contributed by atoms with E-state index in [-0.39, 0.29) is 6.04 Å². The fourth-order valence-corrected chi connectivity index (χ4v) is 0.862. The lowest BCUT2D eigenvalue weighted by Crippen LogP contribution is -2.31. The Labute approximate surface area is 59.8 Å². The second kappa shape index (κ2) is 2.64. The van der Waals surface area contributed by atoms with Gasteiger partial charge in [-0.3, -0.25) is 5.43 Å². The van der Waals surface area contributed by atoms with Gasteiger partial charge in [-0.05, 0) is 25.5 Å². The molecule has 0 aromatic heterocycles. The number of hydrogen-bond acceptors (Lipinski definition) is 3. The first-order valence-electron chi connectivity index (χ1n) is 3.17. The molecule has 10 heavy (non-hydrogen) atoms. The van der Waals surface area contributed by atoms with Gasteiger partial charge in [0.15, 0.2) is 0 Å². The van der Waals surface area contributed by atoms with E-state index < -0.39 is 0 Å². The van der Waals surface area contributed by atoms with E-state index in [4.69, 9.17) is 0 Å². The minimum atomic E-state index is -0.219. The van der Waals surface area contributed by atoms with Crippen molar-refractivity contribution < 1.29 is 4.79 Å². The van der Waals surface area contributed by atoms with Crippen LogP contribution in [-0.4, -0.2) is 18.0 Å². The first-order valence-corrected chi connectivity index (χ1v) is 3.17. The first-order chi connectivity index (χ1) is 4.74. The van der Waals surface area contributed by atoms with E-state index >= 15 is 0 Å². The number of nitrogens with one attached hydrogen (secondary N) is 1. The molecule has 0 aromatic rings. The monoisotopic (exact) mass is 138 g/mol. The number of hydrogen-bond donors (Lipinski definition) is 1. The molecule has 0 saturated heterocycles. The van der Waals surface area contributed by atoms with Gasteiger partial charge >= 0.3 is 0 Å². The van der Waals surface area contributed by atoms with Crippen LogP contribution in [0.2, 0.25) is 0 Å². The summed E-state index contributed by atoms with van der Waals surface area (Å²) < 4.78 is 0. The predicted molar refractivity (Wildman–Crippen MR) is 39.9 cm³/mol. The molecule has 0 amide bonds. The van der Waals surface area contributed by atoms with Gasteiger partial charge in [-0.15, -0.1) is 0 Å². The molecule has 0 spiro atoms. The fourth-order valence-electron chi connectivity index (χ4n) is 0.862. The maximum absolute atomic E-state index is 10.3. The van der Waals surface area contributed by atoms with Crippen LogP contribution in [-0.2, 0) is 4.79 Å². The Morgan fingerprint density at radius 1 is 1.70 bits per heavy atom. The summed E-state index contributed by atoms with van der Waals surface area (Å²) in [6.07, 6.45) is 2.75. The minimum Gasteiger partial charge on any atom is -0.301 e. The predicted octanol–water partition coefficient (Wildman–Crippen LogP) is 0.479. The highest BCUT2D eigenvalue weighted by atomic mass is 16.1. The van der Waals surface area contributed by atoms with Crippen LogP contribution >= 0.6 is 0 Å². The summed E-state index contributed by atoms with van der Waals surface area (Å²) >= 11 is 0. The molecule has 1 aliphatic rings. The van der Waals surface area contributed by atoms with Crippen molar-refractivity contribution in [3.05, 3.63) is 11.6 Å². The second-order valence-corrected chi connectivity index (χ2v) is 2.38. The van der Waals surface area contributed by atoms with E-state index in [9.17, 15) is 4.79 Å². The highest BCUT2D eigenvalue weighted by Crippen LogP contribution is 2.03. The average molecular weight is 138 g/mol. The quantitative estimate of drug-likeness (QED) is 0.535. The van der Waals surface area contributed by atoms with E-state index in [1.54, 1.807) is 0 Å². The zero-order valence-electron chi connectivity index (χ0n) is 6.09. The topological polar surface area (TPSA) is 41.5 Å². The van der Waals surface area contributed by atoms with Gasteiger partial charge in [0.2, 0.25) is 0 Å². The Balaban J connectivity index is 2.77. The van der Waals surface area contributed by atoms with E-state index in [0.717, 1.165) is 17.6 Å². The molecule has 1 rings (SSSR count).